The Morgan fingerprint density at radius 2 is 0.983 bits per heavy atom. The summed E-state index contributed by atoms with van der Waals surface area (Å²) in [5, 5.41) is 4.77. The molecular weight excluding hydrogens is 705 g/mol. The molecule has 0 radical (unpaired) electrons. The topological polar surface area (TPSA) is 43.6 Å². The van der Waals surface area contributed by atoms with Crippen molar-refractivity contribution in [2.75, 3.05) is 0 Å². The van der Waals surface area contributed by atoms with Crippen LogP contribution in [0.4, 0.5) is 0 Å². The molecule has 0 saturated carbocycles. The van der Waals surface area contributed by atoms with Crippen LogP contribution in [0.5, 0.6) is 0 Å². The monoisotopic (exact) mass is 740 g/mol. The molecule has 1 aliphatic rings. The lowest BCUT2D eigenvalue weighted by molar-refractivity contribution is 1.07. The second-order valence-corrected chi connectivity index (χ2v) is 14.8. The van der Waals surface area contributed by atoms with Crippen molar-refractivity contribution in [3.8, 4) is 51.0 Å². The lowest BCUT2D eigenvalue weighted by Gasteiger charge is -2.15. The Hall–Kier alpha value is -7.69. The van der Waals surface area contributed by atoms with E-state index in [-0.39, 0.29) is 0 Å². The SMILES string of the molecule is C1=Cc2c(cccc2-c2nc(-c3ccccc3)nc(-c3ccc4cc(-c5ccc6c(c5)c5ccccc5n6-c5ccccc5)ccc4c3)n2)C(c2ccccc2)=CC1. The highest BCUT2D eigenvalue weighted by atomic mass is 15.0. The first-order chi connectivity index (χ1) is 28.7. The minimum atomic E-state index is 0.643. The smallest absolute Gasteiger partial charge is 0.164 e. The summed E-state index contributed by atoms with van der Waals surface area (Å²) >= 11 is 0. The van der Waals surface area contributed by atoms with E-state index in [2.05, 4.69) is 193 Å². The van der Waals surface area contributed by atoms with Gasteiger partial charge in [-0.25, -0.2) is 15.0 Å². The van der Waals surface area contributed by atoms with Crippen molar-refractivity contribution in [1.29, 1.82) is 0 Å². The Bertz CT molecular complexity index is 3230. The minimum Gasteiger partial charge on any atom is -0.309 e. The van der Waals surface area contributed by atoms with Crippen molar-refractivity contribution < 1.29 is 0 Å². The molecule has 8 aromatic carbocycles. The second-order valence-electron chi connectivity index (χ2n) is 14.8. The summed E-state index contributed by atoms with van der Waals surface area (Å²) in [6.07, 6.45) is 7.59. The Labute approximate surface area is 336 Å². The highest BCUT2D eigenvalue weighted by Gasteiger charge is 2.19. The average molecular weight is 741 g/mol. The molecule has 4 nitrogen and oxygen atoms in total. The summed E-state index contributed by atoms with van der Waals surface area (Å²) in [5.74, 6) is 1.94. The van der Waals surface area contributed by atoms with Crippen LogP contribution < -0.4 is 0 Å². The van der Waals surface area contributed by atoms with Gasteiger partial charge in [0.2, 0.25) is 0 Å². The Kier molecular flexibility index (Phi) is 8.18. The van der Waals surface area contributed by atoms with Gasteiger partial charge in [0.15, 0.2) is 17.5 Å². The van der Waals surface area contributed by atoms with E-state index >= 15 is 0 Å². The summed E-state index contributed by atoms with van der Waals surface area (Å²) in [4.78, 5) is 15.4. The fourth-order valence-electron chi connectivity index (χ4n) is 8.46. The lowest BCUT2D eigenvalue weighted by atomic mass is 9.91. The zero-order valence-corrected chi connectivity index (χ0v) is 31.6. The molecule has 0 unspecified atom stereocenters. The van der Waals surface area contributed by atoms with E-state index in [0.29, 0.717) is 17.5 Å². The zero-order chi connectivity index (χ0) is 38.4. The molecule has 2 aromatic heterocycles. The largest absolute Gasteiger partial charge is 0.309 e. The molecule has 0 amide bonds. The van der Waals surface area contributed by atoms with Gasteiger partial charge in [0.05, 0.1) is 11.0 Å². The van der Waals surface area contributed by atoms with Gasteiger partial charge >= 0.3 is 0 Å². The molecule has 0 bridgehead atoms. The summed E-state index contributed by atoms with van der Waals surface area (Å²) in [6.45, 7) is 0. The predicted octanol–water partition coefficient (Wildman–Crippen LogP) is 13.6. The Morgan fingerprint density at radius 3 is 1.78 bits per heavy atom. The van der Waals surface area contributed by atoms with Crippen LogP contribution in [0.2, 0.25) is 0 Å². The van der Waals surface area contributed by atoms with E-state index < -0.39 is 0 Å². The van der Waals surface area contributed by atoms with Gasteiger partial charge < -0.3 is 4.57 Å². The Morgan fingerprint density at radius 1 is 0.397 bits per heavy atom. The second kappa shape index (κ2) is 14.1. The van der Waals surface area contributed by atoms with Crippen molar-refractivity contribution in [3.05, 3.63) is 217 Å². The number of allylic oxidation sites excluding steroid dienone is 2. The number of rotatable bonds is 6. The quantitative estimate of drug-likeness (QED) is 0.170. The minimum absolute atomic E-state index is 0.643. The van der Waals surface area contributed by atoms with Gasteiger partial charge in [0, 0.05) is 33.2 Å². The molecule has 4 heteroatoms. The first-order valence-electron chi connectivity index (χ1n) is 19.8. The molecule has 272 valence electrons. The van der Waals surface area contributed by atoms with Gasteiger partial charge in [0.1, 0.15) is 0 Å². The molecule has 0 atom stereocenters. The van der Waals surface area contributed by atoms with Crippen molar-refractivity contribution in [2.45, 2.75) is 6.42 Å². The fourth-order valence-corrected chi connectivity index (χ4v) is 8.46. The maximum atomic E-state index is 5.21. The van der Waals surface area contributed by atoms with Crippen LogP contribution in [0.3, 0.4) is 0 Å². The normalized spacial score (nSPS) is 12.4. The molecule has 0 aliphatic heterocycles. The van der Waals surface area contributed by atoms with E-state index in [1.54, 1.807) is 0 Å². The number of aromatic nitrogens is 4. The number of nitrogens with zero attached hydrogens (tertiary/aromatic N) is 4. The maximum Gasteiger partial charge on any atom is 0.164 e. The van der Waals surface area contributed by atoms with Crippen molar-refractivity contribution in [1.82, 2.24) is 19.5 Å². The average Bonchev–Trinajstić information content (AvgIpc) is 3.46. The molecule has 10 aromatic rings. The van der Waals surface area contributed by atoms with Gasteiger partial charge in [-0.3, -0.25) is 0 Å². The number of benzene rings is 8. The molecule has 0 saturated heterocycles. The molecule has 11 rings (SSSR count). The first kappa shape index (κ1) is 33.6. The zero-order valence-electron chi connectivity index (χ0n) is 31.6. The number of hydrogen-bond donors (Lipinski definition) is 0. The number of para-hydroxylation sites is 2. The maximum absolute atomic E-state index is 5.21. The predicted molar refractivity (Wildman–Crippen MR) is 241 cm³/mol. The number of hydrogen-bond acceptors (Lipinski definition) is 3. The molecule has 1 aliphatic carbocycles. The van der Waals surface area contributed by atoms with Crippen LogP contribution in [0, 0.1) is 0 Å². The molecule has 58 heavy (non-hydrogen) atoms. The van der Waals surface area contributed by atoms with Gasteiger partial charge in [0.25, 0.3) is 0 Å². The molecule has 2 heterocycles. The number of fused-ring (bicyclic) bond motifs is 5. The summed E-state index contributed by atoms with van der Waals surface area (Å²) in [7, 11) is 0. The standard InChI is InChI=1S/C54H36N4/c1-4-15-36(16-5-1)44-21-10-11-22-46-45(44)24-14-25-48(46)54-56-52(37-17-6-2-7-18-37)55-53(57-54)42-30-29-38-33-39(27-28-40(38)34-42)41-31-32-51-49(35-41)47-23-12-13-26-50(47)58(51)43-19-8-3-9-20-43/h1-9,11-35H,10H2. The van der Waals surface area contributed by atoms with Crippen LogP contribution >= 0.6 is 0 Å². The van der Waals surface area contributed by atoms with Crippen LogP contribution in [0.25, 0.3) is 95.2 Å². The first-order valence-corrected chi connectivity index (χ1v) is 19.8. The van der Waals surface area contributed by atoms with E-state index in [9.17, 15) is 0 Å². The van der Waals surface area contributed by atoms with Crippen LogP contribution in [-0.2, 0) is 0 Å². The van der Waals surface area contributed by atoms with Crippen molar-refractivity contribution in [2.24, 2.45) is 0 Å². The van der Waals surface area contributed by atoms with E-state index in [0.717, 1.165) is 45.1 Å². The van der Waals surface area contributed by atoms with Crippen LogP contribution in [0.1, 0.15) is 23.1 Å². The third-order valence-corrected chi connectivity index (χ3v) is 11.3. The third kappa shape index (κ3) is 5.91. The molecule has 0 spiro atoms. The summed E-state index contributed by atoms with van der Waals surface area (Å²) < 4.78 is 2.36. The molecular formula is C54H36N4. The van der Waals surface area contributed by atoms with Crippen molar-refractivity contribution in [3.63, 3.8) is 0 Å². The van der Waals surface area contributed by atoms with Gasteiger partial charge in [-0.15, -0.1) is 0 Å². The molecule has 0 fully saturated rings. The third-order valence-electron chi connectivity index (χ3n) is 11.3. The van der Waals surface area contributed by atoms with Gasteiger partial charge in [-0.1, -0.05) is 164 Å². The highest BCUT2D eigenvalue weighted by molar-refractivity contribution is 6.10. The van der Waals surface area contributed by atoms with Crippen LogP contribution in [-0.4, -0.2) is 19.5 Å². The van der Waals surface area contributed by atoms with Gasteiger partial charge in [-0.2, -0.15) is 0 Å². The fraction of sp³-hybridized carbons (Fsp3) is 0.0185. The lowest BCUT2D eigenvalue weighted by Crippen LogP contribution is -2.02. The highest BCUT2D eigenvalue weighted by Crippen LogP contribution is 2.38. The Balaban J connectivity index is 1.00. The summed E-state index contributed by atoms with van der Waals surface area (Å²) in [5.41, 5.74) is 13.5. The van der Waals surface area contributed by atoms with Crippen LogP contribution in [0.15, 0.2) is 200 Å². The van der Waals surface area contributed by atoms with E-state index in [1.165, 1.54) is 49.6 Å². The van der Waals surface area contributed by atoms with E-state index in [1.807, 2.05) is 18.2 Å². The van der Waals surface area contributed by atoms with Gasteiger partial charge in [-0.05, 0) is 93.0 Å². The van der Waals surface area contributed by atoms with Crippen molar-refractivity contribution >= 4 is 44.2 Å². The molecule has 0 N–H and O–H groups in total. The van der Waals surface area contributed by atoms with E-state index in [4.69, 9.17) is 15.0 Å². The summed E-state index contributed by atoms with van der Waals surface area (Å²) in [6, 6.07) is 66.6.